The number of benzene rings is 2. The maximum atomic E-state index is 14.1. The van der Waals surface area contributed by atoms with Crippen LogP contribution in [0.4, 0.5) is 0 Å². The quantitative estimate of drug-likeness (QED) is 0.191. The third-order valence-corrected chi connectivity index (χ3v) is 7.84. The molecule has 1 N–H and O–H groups in total. The predicted molar refractivity (Wildman–Crippen MR) is 165 cm³/mol. The minimum atomic E-state index is -0.762. The summed E-state index contributed by atoms with van der Waals surface area (Å²) >= 11 is 1.33. The Balaban J connectivity index is 1.72. The van der Waals surface area contributed by atoms with Crippen LogP contribution in [0.5, 0.6) is 23.0 Å². The van der Waals surface area contributed by atoms with Crippen molar-refractivity contribution >= 4 is 35.7 Å². The molecule has 2 aliphatic rings. The number of allylic oxidation sites excluding steroid dienone is 1. The summed E-state index contributed by atoms with van der Waals surface area (Å²) in [6.07, 6.45) is 3.38. The lowest BCUT2D eigenvalue weighted by Gasteiger charge is -2.39. The average Bonchev–Trinajstić information content (AvgIpc) is 3.32. The largest absolute Gasteiger partial charge is 0.493 e. The number of amides is 1. The Kier molecular flexibility index (Phi) is 10.8. The molecule has 0 spiro atoms. The molecule has 44 heavy (non-hydrogen) atoms. The van der Waals surface area contributed by atoms with Crippen molar-refractivity contribution in [2.45, 2.75) is 32.3 Å². The second kappa shape index (κ2) is 14.7. The van der Waals surface area contributed by atoms with Crippen LogP contribution in [0.2, 0.25) is 0 Å². The lowest BCUT2D eigenvalue weighted by molar-refractivity contribution is -0.143. The van der Waals surface area contributed by atoms with Gasteiger partial charge in [0.25, 0.3) is 5.91 Å². The molecule has 1 saturated heterocycles. The molecule has 0 aromatic heterocycles. The fourth-order valence-corrected chi connectivity index (χ4v) is 6.01. The van der Waals surface area contributed by atoms with E-state index in [1.165, 1.54) is 26.0 Å². The van der Waals surface area contributed by atoms with Gasteiger partial charge in [-0.05, 0) is 62.2 Å². The molecule has 0 saturated carbocycles. The number of hydrogen-bond acceptors (Lipinski definition) is 11. The monoisotopic (exact) mass is 624 g/mol. The van der Waals surface area contributed by atoms with Crippen LogP contribution in [0, 0.1) is 0 Å². The standard InChI is InChI=1S/C32H36N2O9S/c1-7-14-42-22-13-11-21(17-24(22)38-5)29-28(31(37)41-9-3)19(4)33-32-34(29)30(36)26(44-32)16-20-10-12-23(25(15-20)40-8-2)43-18-27(35)39-6/h7,10-13,15-17,29,32-33H,1,8-9,14,18H2,2-6H3/b26-16-/t29-,32+/m0/s1. The number of carbonyl (C=O) groups excluding carboxylic acids is 3. The number of nitrogens with one attached hydrogen (secondary N) is 1. The van der Waals surface area contributed by atoms with Gasteiger partial charge in [-0.2, -0.15) is 0 Å². The molecular weight excluding hydrogens is 588 g/mol. The van der Waals surface area contributed by atoms with Gasteiger partial charge >= 0.3 is 11.9 Å². The van der Waals surface area contributed by atoms with E-state index in [1.54, 1.807) is 61.2 Å². The van der Waals surface area contributed by atoms with Crippen LogP contribution in [-0.2, 0) is 23.9 Å². The van der Waals surface area contributed by atoms with Crippen molar-refractivity contribution in [3.05, 3.63) is 76.4 Å². The molecule has 0 aliphatic carbocycles. The Hall–Kier alpha value is -4.58. The lowest BCUT2D eigenvalue weighted by Crippen LogP contribution is -2.50. The van der Waals surface area contributed by atoms with Gasteiger partial charge in [-0.15, -0.1) is 0 Å². The number of rotatable bonds is 13. The van der Waals surface area contributed by atoms with E-state index in [2.05, 4.69) is 16.6 Å². The van der Waals surface area contributed by atoms with Gasteiger partial charge in [0.1, 0.15) is 6.61 Å². The predicted octanol–water partition coefficient (Wildman–Crippen LogP) is 4.59. The topological polar surface area (TPSA) is 122 Å². The fraction of sp³-hybridized carbons (Fsp3) is 0.344. The normalized spacial score (nSPS) is 18.3. The van der Waals surface area contributed by atoms with Gasteiger partial charge in [0, 0.05) is 5.70 Å². The first kappa shape index (κ1) is 32.3. The van der Waals surface area contributed by atoms with Crippen molar-refractivity contribution in [3.63, 3.8) is 0 Å². The van der Waals surface area contributed by atoms with Crippen molar-refractivity contribution in [2.24, 2.45) is 0 Å². The molecule has 234 valence electrons. The summed E-state index contributed by atoms with van der Waals surface area (Å²) in [4.78, 5) is 41.0. The van der Waals surface area contributed by atoms with Crippen LogP contribution >= 0.6 is 11.8 Å². The Morgan fingerprint density at radius 2 is 1.75 bits per heavy atom. The number of ether oxygens (including phenoxy) is 6. The SMILES string of the molecule is C=CCOc1ccc([C@H]2C(C(=O)OCC)=C(C)N[C@H]3S/C(=C\c4ccc(OCC(=O)OC)c(OCC)c4)C(=O)N23)cc1OC. The summed E-state index contributed by atoms with van der Waals surface area (Å²) in [7, 11) is 2.81. The van der Waals surface area contributed by atoms with Crippen molar-refractivity contribution in [2.75, 3.05) is 40.6 Å². The Labute approximate surface area is 260 Å². The second-order valence-corrected chi connectivity index (χ2v) is 10.6. The molecule has 0 bridgehead atoms. The number of methoxy groups -OCH3 is 2. The molecule has 1 amide bonds. The summed E-state index contributed by atoms with van der Waals surface area (Å²) in [6, 6.07) is 9.72. The first-order chi connectivity index (χ1) is 21.3. The van der Waals surface area contributed by atoms with E-state index in [0.717, 1.165) is 0 Å². The third kappa shape index (κ3) is 6.96. The van der Waals surface area contributed by atoms with Crippen LogP contribution in [-0.4, -0.2) is 68.9 Å². The highest BCUT2D eigenvalue weighted by molar-refractivity contribution is 8.05. The van der Waals surface area contributed by atoms with Gasteiger partial charge in [0.05, 0.1) is 44.0 Å². The molecule has 1 fully saturated rings. The summed E-state index contributed by atoms with van der Waals surface area (Å²) in [6.45, 7) is 9.61. The molecule has 2 atom stereocenters. The molecule has 0 unspecified atom stereocenters. The lowest BCUT2D eigenvalue weighted by atomic mass is 9.93. The summed E-state index contributed by atoms with van der Waals surface area (Å²) in [5.74, 6) is 0.432. The molecule has 11 nitrogen and oxygen atoms in total. The molecule has 4 rings (SSSR count). The molecule has 2 aliphatic heterocycles. The highest BCUT2D eigenvalue weighted by Crippen LogP contribution is 2.48. The van der Waals surface area contributed by atoms with Gasteiger partial charge < -0.3 is 33.7 Å². The first-order valence-corrected chi connectivity index (χ1v) is 14.9. The number of fused-ring (bicyclic) bond motifs is 1. The van der Waals surface area contributed by atoms with Crippen molar-refractivity contribution in [1.82, 2.24) is 10.2 Å². The van der Waals surface area contributed by atoms with Crippen molar-refractivity contribution in [1.29, 1.82) is 0 Å². The molecular formula is C32H36N2O9S. The highest BCUT2D eigenvalue weighted by atomic mass is 32.2. The van der Waals surface area contributed by atoms with E-state index >= 15 is 0 Å². The minimum absolute atomic E-state index is 0.179. The first-order valence-electron chi connectivity index (χ1n) is 14.0. The maximum absolute atomic E-state index is 14.1. The molecule has 2 heterocycles. The minimum Gasteiger partial charge on any atom is -0.493 e. The van der Waals surface area contributed by atoms with Crippen LogP contribution in [0.25, 0.3) is 6.08 Å². The van der Waals surface area contributed by atoms with E-state index in [0.29, 0.717) is 56.9 Å². The van der Waals surface area contributed by atoms with E-state index in [1.807, 2.05) is 13.0 Å². The van der Waals surface area contributed by atoms with Crippen LogP contribution < -0.4 is 24.3 Å². The van der Waals surface area contributed by atoms with Gasteiger partial charge in [-0.1, -0.05) is 36.5 Å². The van der Waals surface area contributed by atoms with Gasteiger partial charge in [-0.3, -0.25) is 9.69 Å². The van der Waals surface area contributed by atoms with Crippen LogP contribution in [0.3, 0.4) is 0 Å². The Morgan fingerprint density at radius 1 is 1.00 bits per heavy atom. The summed E-state index contributed by atoms with van der Waals surface area (Å²) < 4.78 is 32.7. The third-order valence-electron chi connectivity index (χ3n) is 6.73. The fourth-order valence-electron chi connectivity index (χ4n) is 4.79. The Bertz CT molecular complexity index is 1490. The van der Waals surface area contributed by atoms with E-state index in [4.69, 9.17) is 23.7 Å². The van der Waals surface area contributed by atoms with Crippen molar-refractivity contribution in [3.8, 4) is 23.0 Å². The van der Waals surface area contributed by atoms with Gasteiger partial charge in [0.15, 0.2) is 35.1 Å². The zero-order valence-corrected chi connectivity index (χ0v) is 26.2. The van der Waals surface area contributed by atoms with E-state index in [-0.39, 0.29) is 25.7 Å². The number of thioether (sulfide) groups is 1. The second-order valence-electron chi connectivity index (χ2n) is 9.51. The smallest absolute Gasteiger partial charge is 0.343 e. The maximum Gasteiger partial charge on any atom is 0.343 e. The highest BCUT2D eigenvalue weighted by Gasteiger charge is 2.48. The molecule has 12 heteroatoms. The zero-order valence-electron chi connectivity index (χ0n) is 25.3. The van der Waals surface area contributed by atoms with Gasteiger partial charge in [-0.25, -0.2) is 9.59 Å². The summed E-state index contributed by atoms with van der Waals surface area (Å²) in [5.41, 5.74) is 1.78. The molecule has 2 aromatic carbocycles. The van der Waals surface area contributed by atoms with E-state index in [9.17, 15) is 14.4 Å². The number of hydrogen-bond donors (Lipinski definition) is 1. The number of esters is 2. The van der Waals surface area contributed by atoms with Crippen LogP contribution in [0.1, 0.15) is 37.9 Å². The number of nitrogens with zero attached hydrogens (tertiary/aromatic N) is 1. The van der Waals surface area contributed by atoms with Crippen molar-refractivity contribution < 1.29 is 42.8 Å². The molecule has 0 radical (unpaired) electrons. The Morgan fingerprint density at radius 3 is 2.43 bits per heavy atom. The van der Waals surface area contributed by atoms with Gasteiger partial charge in [0.2, 0.25) is 0 Å². The zero-order chi connectivity index (χ0) is 31.8. The number of carbonyl (C=O) groups is 3. The summed E-state index contributed by atoms with van der Waals surface area (Å²) in [5, 5.41) is 3.31. The molecule has 2 aromatic rings. The van der Waals surface area contributed by atoms with E-state index < -0.39 is 23.5 Å². The van der Waals surface area contributed by atoms with Crippen LogP contribution in [0.15, 0.2) is 65.2 Å². The average molecular weight is 625 g/mol.